The predicted molar refractivity (Wildman–Crippen MR) is 56.6 cm³/mol. The molecule has 0 bridgehead atoms. The Bertz CT molecular complexity index is 404. The minimum atomic E-state index is -1.03. The molecular weight excluding hydrogens is 250 g/mol. The van der Waals surface area contributed by atoms with Gasteiger partial charge in [0, 0.05) is 12.8 Å². The lowest BCUT2D eigenvalue weighted by atomic mass is 10.2. The number of nitrogens with zero attached hydrogens (tertiary/aromatic N) is 1. The summed E-state index contributed by atoms with van der Waals surface area (Å²) in [6, 6.07) is 0. The number of hydrogen-bond acceptors (Lipinski definition) is 6. The molecular formula is C9H9NO6S. The van der Waals surface area contributed by atoms with E-state index in [9.17, 15) is 19.2 Å². The monoisotopic (exact) mass is 259 g/mol. The number of amides is 2. The number of carboxylic acids is 1. The van der Waals surface area contributed by atoms with E-state index >= 15 is 0 Å². The fourth-order valence-corrected chi connectivity index (χ4v) is 1.34. The number of imide groups is 1. The maximum Gasteiger partial charge on any atom is 0.333 e. The van der Waals surface area contributed by atoms with E-state index < -0.39 is 23.8 Å². The van der Waals surface area contributed by atoms with Crippen LogP contribution in [0, 0.1) is 0 Å². The van der Waals surface area contributed by atoms with E-state index in [2.05, 4.69) is 17.1 Å². The summed E-state index contributed by atoms with van der Waals surface area (Å²) in [4.78, 5) is 48.1. The fraction of sp³-hybridized carbons (Fsp3) is 0.444. The van der Waals surface area contributed by atoms with Crippen LogP contribution in [0.4, 0.5) is 0 Å². The van der Waals surface area contributed by atoms with Crippen molar-refractivity contribution in [3.8, 4) is 0 Å². The Kier molecular flexibility index (Phi) is 4.27. The van der Waals surface area contributed by atoms with E-state index in [0.717, 1.165) is 0 Å². The van der Waals surface area contributed by atoms with Gasteiger partial charge in [-0.05, 0) is 6.42 Å². The van der Waals surface area contributed by atoms with E-state index in [1.807, 2.05) is 0 Å². The van der Waals surface area contributed by atoms with Crippen molar-refractivity contribution in [1.82, 2.24) is 5.06 Å². The van der Waals surface area contributed by atoms with Gasteiger partial charge < -0.3 is 9.94 Å². The number of rotatable bonds is 5. The van der Waals surface area contributed by atoms with Crippen LogP contribution in [0.3, 0.4) is 0 Å². The Hall–Kier alpha value is -1.83. The number of hydrogen-bond donors (Lipinski definition) is 1. The summed E-state index contributed by atoms with van der Waals surface area (Å²) in [7, 11) is 0. The normalized spacial score (nSPS) is 15.3. The standard InChI is InChI=1S/C9H9NO6S/c11-6-4-5(17)9(15)10(6)16-8(14)3-1-2-7(12)13/h1-4H2,(H,12,13). The van der Waals surface area contributed by atoms with Gasteiger partial charge >= 0.3 is 17.8 Å². The number of hydroxylamine groups is 2. The number of carbonyl (C=O) groups excluding carboxylic acids is 3. The zero-order valence-corrected chi connectivity index (χ0v) is 9.49. The zero-order chi connectivity index (χ0) is 13.0. The molecule has 0 saturated carbocycles. The second-order valence-corrected chi connectivity index (χ2v) is 3.80. The highest BCUT2D eigenvalue weighted by Crippen LogP contribution is 2.12. The minimum Gasteiger partial charge on any atom is -0.481 e. The molecule has 92 valence electrons. The molecule has 1 N–H and O–H groups in total. The molecule has 1 aliphatic rings. The lowest BCUT2D eigenvalue weighted by molar-refractivity contribution is -0.196. The molecule has 1 aliphatic heterocycles. The van der Waals surface area contributed by atoms with Crippen LogP contribution in [0.5, 0.6) is 0 Å². The number of aliphatic carboxylic acids is 1. The van der Waals surface area contributed by atoms with Gasteiger partial charge in [-0.3, -0.25) is 14.4 Å². The molecule has 0 aromatic rings. The molecule has 1 heterocycles. The van der Waals surface area contributed by atoms with Gasteiger partial charge in [-0.2, -0.15) is 0 Å². The summed E-state index contributed by atoms with van der Waals surface area (Å²) in [6.07, 6.45) is -0.531. The molecule has 0 aromatic carbocycles. The van der Waals surface area contributed by atoms with Crippen LogP contribution in [0.25, 0.3) is 0 Å². The SMILES string of the molecule is O=C(O)CCCC(=O)ON1C(=O)CC(=S)C1=O. The molecule has 0 radical (unpaired) electrons. The third-order valence-electron chi connectivity index (χ3n) is 1.93. The minimum absolute atomic E-state index is 0.0782. The Morgan fingerprint density at radius 1 is 1.35 bits per heavy atom. The lowest BCUT2D eigenvalue weighted by Crippen LogP contribution is -2.33. The first-order valence-electron chi connectivity index (χ1n) is 4.74. The first-order valence-corrected chi connectivity index (χ1v) is 5.15. The zero-order valence-electron chi connectivity index (χ0n) is 8.67. The summed E-state index contributed by atoms with van der Waals surface area (Å²) < 4.78 is 0. The van der Waals surface area contributed by atoms with Gasteiger partial charge in [0.1, 0.15) is 0 Å². The molecule has 0 atom stereocenters. The lowest BCUT2D eigenvalue weighted by Gasteiger charge is -2.11. The second kappa shape index (κ2) is 5.48. The molecule has 0 spiro atoms. The van der Waals surface area contributed by atoms with Gasteiger partial charge in [0.25, 0.3) is 5.91 Å². The van der Waals surface area contributed by atoms with Gasteiger partial charge in [-0.15, -0.1) is 0 Å². The van der Waals surface area contributed by atoms with Gasteiger partial charge in [-0.25, -0.2) is 4.79 Å². The fourth-order valence-electron chi connectivity index (χ4n) is 1.14. The number of carbonyl (C=O) groups is 4. The Morgan fingerprint density at radius 3 is 2.47 bits per heavy atom. The smallest absolute Gasteiger partial charge is 0.333 e. The van der Waals surface area contributed by atoms with E-state index in [0.29, 0.717) is 5.06 Å². The molecule has 1 fully saturated rings. The van der Waals surface area contributed by atoms with E-state index in [1.54, 1.807) is 0 Å². The van der Waals surface area contributed by atoms with Crippen molar-refractivity contribution in [2.75, 3.05) is 0 Å². The molecule has 1 rings (SSSR count). The van der Waals surface area contributed by atoms with Gasteiger partial charge in [0.2, 0.25) is 0 Å². The first kappa shape index (κ1) is 13.2. The average molecular weight is 259 g/mol. The molecule has 2 amide bonds. The van der Waals surface area contributed by atoms with E-state index in [1.165, 1.54) is 0 Å². The third kappa shape index (κ3) is 3.59. The number of thiocarbonyl (C=S) groups is 1. The van der Waals surface area contributed by atoms with Crippen molar-refractivity contribution >= 4 is 40.8 Å². The van der Waals surface area contributed by atoms with Crippen molar-refractivity contribution in [1.29, 1.82) is 0 Å². The predicted octanol–water partition coefficient (Wildman–Crippen LogP) is -0.172. The van der Waals surface area contributed by atoms with Crippen LogP contribution in [-0.2, 0) is 24.0 Å². The van der Waals surface area contributed by atoms with Crippen LogP contribution in [0.2, 0.25) is 0 Å². The second-order valence-electron chi connectivity index (χ2n) is 3.30. The van der Waals surface area contributed by atoms with E-state index in [-0.39, 0.29) is 30.5 Å². The van der Waals surface area contributed by atoms with Crippen molar-refractivity contribution in [3.63, 3.8) is 0 Å². The highest BCUT2D eigenvalue weighted by Gasteiger charge is 2.37. The maximum atomic E-state index is 11.2. The highest BCUT2D eigenvalue weighted by atomic mass is 32.1. The van der Waals surface area contributed by atoms with E-state index in [4.69, 9.17) is 5.11 Å². The summed E-state index contributed by atoms with van der Waals surface area (Å²) in [5, 5.41) is 8.67. The quantitative estimate of drug-likeness (QED) is 0.540. The summed E-state index contributed by atoms with van der Waals surface area (Å²) in [5.41, 5.74) is 0. The molecule has 1 saturated heterocycles. The van der Waals surface area contributed by atoms with Crippen molar-refractivity contribution < 1.29 is 29.1 Å². The maximum absolute atomic E-state index is 11.2. The Labute approximate surface area is 101 Å². The van der Waals surface area contributed by atoms with Crippen LogP contribution in [0.1, 0.15) is 25.7 Å². The first-order chi connectivity index (χ1) is 7.91. The van der Waals surface area contributed by atoms with Gasteiger partial charge in [0.15, 0.2) is 0 Å². The van der Waals surface area contributed by atoms with Crippen LogP contribution in [-0.4, -0.2) is 38.8 Å². The third-order valence-corrected chi connectivity index (χ3v) is 2.24. The summed E-state index contributed by atoms with van der Waals surface area (Å²) in [5.74, 6) is -3.37. The Morgan fingerprint density at radius 2 is 2.00 bits per heavy atom. The topological polar surface area (TPSA) is 101 Å². The Balaban J connectivity index is 2.41. The van der Waals surface area contributed by atoms with Crippen LogP contribution >= 0.6 is 12.2 Å². The van der Waals surface area contributed by atoms with Crippen molar-refractivity contribution in [2.24, 2.45) is 0 Å². The van der Waals surface area contributed by atoms with Gasteiger partial charge in [0.05, 0.1) is 11.3 Å². The largest absolute Gasteiger partial charge is 0.481 e. The molecule has 0 aromatic heterocycles. The van der Waals surface area contributed by atoms with Gasteiger partial charge in [-0.1, -0.05) is 17.3 Å². The summed E-state index contributed by atoms with van der Waals surface area (Å²) in [6.45, 7) is 0. The van der Waals surface area contributed by atoms with Crippen LogP contribution in [0.15, 0.2) is 0 Å². The summed E-state index contributed by atoms with van der Waals surface area (Å²) >= 11 is 4.59. The highest BCUT2D eigenvalue weighted by molar-refractivity contribution is 7.82. The van der Waals surface area contributed by atoms with Crippen molar-refractivity contribution in [3.05, 3.63) is 0 Å². The average Bonchev–Trinajstić information content (AvgIpc) is 2.44. The van der Waals surface area contributed by atoms with Crippen molar-refractivity contribution in [2.45, 2.75) is 25.7 Å². The molecule has 0 unspecified atom stereocenters. The van der Waals surface area contributed by atoms with Crippen LogP contribution < -0.4 is 0 Å². The molecule has 17 heavy (non-hydrogen) atoms. The number of carboxylic acid groups (broad SMARTS) is 1. The molecule has 0 aliphatic carbocycles. The molecule has 7 nitrogen and oxygen atoms in total. The molecule has 8 heteroatoms.